The topological polar surface area (TPSA) is 3.24 Å². The second-order valence-corrected chi connectivity index (χ2v) is 5.21. The molecule has 0 radical (unpaired) electrons. The Morgan fingerprint density at radius 1 is 1.33 bits per heavy atom. The summed E-state index contributed by atoms with van der Waals surface area (Å²) in [5, 5.41) is 0. The fourth-order valence-corrected chi connectivity index (χ4v) is 1.22. The van der Waals surface area contributed by atoms with Crippen molar-refractivity contribution in [2.75, 3.05) is 6.54 Å². The molecule has 15 heavy (non-hydrogen) atoms. The molecular weight excluding hydrogens is 182 g/mol. The molecule has 0 saturated heterocycles. The highest BCUT2D eigenvalue weighted by atomic mass is 15.1. The number of hydrogen-bond donors (Lipinski definition) is 0. The molecule has 0 saturated carbocycles. The fraction of sp³-hybridized carbons (Fsp3) is 0.571. The van der Waals surface area contributed by atoms with Crippen LogP contribution < -0.4 is 0 Å². The minimum atomic E-state index is 0.260. The van der Waals surface area contributed by atoms with Crippen LogP contribution in [0.3, 0.4) is 0 Å². The molecule has 1 nitrogen and oxygen atoms in total. The maximum absolute atomic E-state index is 4.01. The van der Waals surface area contributed by atoms with Crippen LogP contribution in [-0.4, -0.2) is 11.4 Å². The van der Waals surface area contributed by atoms with Gasteiger partial charge in [-0.3, -0.25) is 0 Å². The van der Waals surface area contributed by atoms with Gasteiger partial charge in [0.15, 0.2) is 0 Å². The van der Waals surface area contributed by atoms with Gasteiger partial charge in [0.2, 0.25) is 0 Å². The highest BCUT2D eigenvalue weighted by Crippen LogP contribution is 2.19. The van der Waals surface area contributed by atoms with Crippen molar-refractivity contribution in [1.82, 2.24) is 4.90 Å². The van der Waals surface area contributed by atoms with Crippen LogP contribution in [0.2, 0.25) is 0 Å². The zero-order valence-corrected chi connectivity index (χ0v) is 10.9. The van der Waals surface area contributed by atoms with E-state index in [1.54, 1.807) is 0 Å². The molecule has 0 aromatic rings. The lowest BCUT2D eigenvalue weighted by molar-refractivity contribution is 0.294. The van der Waals surface area contributed by atoms with E-state index in [1.165, 1.54) is 5.57 Å². The Morgan fingerprint density at radius 2 is 1.87 bits per heavy atom. The van der Waals surface area contributed by atoms with Gasteiger partial charge >= 0.3 is 0 Å². The molecule has 0 aromatic heterocycles. The molecule has 0 heterocycles. The molecule has 0 unspecified atom stereocenters. The number of allylic oxidation sites excluding steroid dienone is 2. The Kier molecular flexibility index (Phi) is 5.41. The normalized spacial score (nSPS) is 12.5. The summed E-state index contributed by atoms with van der Waals surface area (Å²) in [7, 11) is 0. The molecule has 1 heteroatoms. The van der Waals surface area contributed by atoms with Crippen molar-refractivity contribution < 1.29 is 0 Å². The molecule has 0 N–H and O–H groups in total. The van der Waals surface area contributed by atoms with Crippen molar-refractivity contribution in [3.05, 3.63) is 36.7 Å². The first kappa shape index (κ1) is 14.0. The minimum absolute atomic E-state index is 0.260. The zero-order valence-electron chi connectivity index (χ0n) is 10.9. The Balaban J connectivity index is 4.75. The third-order valence-electron chi connectivity index (χ3n) is 2.18. The van der Waals surface area contributed by atoms with E-state index in [-0.39, 0.29) is 5.41 Å². The molecule has 0 rings (SSSR count). The lowest BCUT2D eigenvalue weighted by Gasteiger charge is -2.29. The van der Waals surface area contributed by atoms with E-state index in [1.807, 2.05) is 6.08 Å². The van der Waals surface area contributed by atoms with Crippen molar-refractivity contribution in [2.24, 2.45) is 5.41 Å². The van der Waals surface area contributed by atoms with Gasteiger partial charge in [-0.1, -0.05) is 46.4 Å². The summed E-state index contributed by atoms with van der Waals surface area (Å²) >= 11 is 0. The average Bonchev–Trinajstić information content (AvgIpc) is 2.13. The van der Waals surface area contributed by atoms with Gasteiger partial charge in [-0.15, -0.1) is 0 Å². The first-order chi connectivity index (χ1) is 6.80. The highest BCUT2D eigenvalue weighted by molar-refractivity contribution is 5.15. The number of nitrogens with zero attached hydrogens (tertiary/aromatic N) is 1. The molecule has 0 fully saturated rings. The van der Waals surface area contributed by atoms with E-state index in [0.29, 0.717) is 0 Å². The van der Waals surface area contributed by atoms with Gasteiger partial charge in [0.1, 0.15) is 0 Å². The van der Waals surface area contributed by atoms with Gasteiger partial charge in [0, 0.05) is 18.4 Å². The van der Waals surface area contributed by atoms with Crippen LogP contribution in [0, 0.1) is 5.41 Å². The number of rotatable bonds is 5. The van der Waals surface area contributed by atoms with E-state index in [4.69, 9.17) is 0 Å². The lowest BCUT2D eigenvalue weighted by Crippen LogP contribution is -2.27. The van der Waals surface area contributed by atoms with Gasteiger partial charge in [-0.25, -0.2) is 0 Å². The van der Waals surface area contributed by atoms with Crippen molar-refractivity contribution in [3.63, 3.8) is 0 Å². The average molecular weight is 207 g/mol. The van der Waals surface area contributed by atoms with Crippen LogP contribution >= 0.6 is 0 Å². The van der Waals surface area contributed by atoms with E-state index in [2.05, 4.69) is 58.9 Å². The predicted molar refractivity (Wildman–Crippen MR) is 69.5 cm³/mol. The summed E-state index contributed by atoms with van der Waals surface area (Å²) in [4.78, 5) is 2.19. The SMILES string of the molecule is C=CC(=C)N(/C=C(/C)CC)CC(C)(C)C. The quantitative estimate of drug-likeness (QED) is 0.606. The molecule has 0 atom stereocenters. The molecule has 0 spiro atoms. The maximum atomic E-state index is 4.01. The van der Waals surface area contributed by atoms with Gasteiger partial charge in [0.25, 0.3) is 0 Å². The van der Waals surface area contributed by atoms with E-state index in [0.717, 1.165) is 18.7 Å². The Morgan fingerprint density at radius 3 is 2.20 bits per heavy atom. The maximum Gasteiger partial charge on any atom is 0.0327 e. The molecule has 0 bridgehead atoms. The molecule has 0 aliphatic rings. The van der Waals surface area contributed by atoms with Gasteiger partial charge in [0.05, 0.1) is 0 Å². The fourth-order valence-electron chi connectivity index (χ4n) is 1.22. The third kappa shape index (κ3) is 6.16. The molecular formula is C14H25N. The molecule has 0 aromatic carbocycles. The smallest absolute Gasteiger partial charge is 0.0327 e. The summed E-state index contributed by atoms with van der Waals surface area (Å²) in [6.45, 7) is 19.7. The van der Waals surface area contributed by atoms with E-state index < -0.39 is 0 Å². The summed E-state index contributed by atoms with van der Waals surface area (Å²) in [5.74, 6) is 0. The monoisotopic (exact) mass is 207 g/mol. The van der Waals surface area contributed by atoms with Gasteiger partial charge < -0.3 is 4.90 Å². The Labute approximate surface area is 95.2 Å². The van der Waals surface area contributed by atoms with E-state index in [9.17, 15) is 0 Å². The van der Waals surface area contributed by atoms with Crippen LogP contribution in [-0.2, 0) is 0 Å². The first-order valence-corrected chi connectivity index (χ1v) is 5.55. The summed E-state index contributed by atoms with van der Waals surface area (Å²) < 4.78 is 0. The van der Waals surface area contributed by atoms with Crippen molar-refractivity contribution in [1.29, 1.82) is 0 Å². The van der Waals surface area contributed by atoms with Gasteiger partial charge in [-0.2, -0.15) is 0 Å². The lowest BCUT2D eigenvalue weighted by atomic mass is 9.96. The third-order valence-corrected chi connectivity index (χ3v) is 2.18. The Hall–Kier alpha value is -0.980. The van der Waals surface area contributed by atoms with Crippen LogP contribution in [0.5, 0.6) is 0 Å². The molecule has 0 aliphatic carbocycles. The highest BCUT2D eigenvalue weighted by Gasteiger charge is 2.15. The van der Waals surface area contributed by atoms with Crippen LogP contribution in [0.4, 0.5) is 0 Å². The molecule has 86 valence electrons. The molecule has 0 amide bonds. The van der Waals surface area contributed by atoms with Crippen molar-refractivity contribution in [3.8, 4) is 0 Å². The minimum Gasteiger partial charge on any atom is -0.348 e. The van der Waals surface area contributed by atoms with Crippen molar-refractivity contribution in [2.45, 2.75) is 41.0 Å². The molecule has 0 aliphatic heterocycles. The standard InChI is InChI=1S/C14H25N/c1-8-12(3)10-15(13(4)9-2)11-14(5,6)7/h9-10H,2,4,8,11H2,1,3,5-7H3/b12-10-. The van der Waals surface area contributed by atoms with Crippen molar-refractivity contribution >= 4 is 0 Å². The largest absolute Gasteiger partial charge is 0.348 e. The van der Waals surface area contributed by atoms with Crippen LogP contribution in [0.25, 0.3) is 0 Å². The predicted octanol–water partition coefficient (Wildman–Crippen LogP) is 4.35. The van der Waals surface area contributed by atoms with Crippen LogP contribution in [0.15, 0.2) is 36.7 Å². The summed E-state index contributed by atoms with van der Waals surface area (Å²) in [6.07, 6.45) is 5.06. The first-order valence-electron chi connectivity index (χ1n) is 5.55. The summed E-state index contributed by atoms with van der Waals surface area (Å²) in [5.41, 5.74) is 2.59. The number of hydrogen-bond acceptors (Lipinski definition) is 1. The van der Waals surface area contributed by atoms with Crippen LogP contribution in [0.1, 0.15) is 41.0 Å². The second-order valence-electron chi connectivity index (χ2n) is 5.21. The zero-order chi connectivity index (χ0) is 12.1. The second kappa shape index (κ2) is 5.79. The van der Waals surface area contributed by atoms with Gasteiger partial charge in [-0.05, 0) is 24.8 Å². The summed E-state index contributed by atoms with van der Waals surface area (Å²) in [6, 6.07) is 0. The van der Waals surface area contributed by atoms with E-state index >= 15 is 0 Å². The Bertz CT molecular complexity index is 253.